The van der Waals surface area contributed by atoms with Gasteiger partial charge in [0, 0.05) is 12.8 Å². The van der Waals surface area contributed by atoms with Gasteiger partial charge in [-0.25, -0.2) is 0 Å². The van der Waals surface area contributed by atoms with Crippen LogP contribution in [0.3, 0.4) is 0 Å². The van der Waals surface area contributed by atoms with E-state index in [0.717, 1.165) is 4.05 Å². The van der Waals surface area contributed by atoms with E-state index in [0.29, 0.717) is 6.26 Å². The summed E-state index contributed by atoms with van der Waals surface area (Å²) in [6.45, 7) is 0. The lowest BCUT2D eigenvalue weighted by molar-refractivity contribution is 0.490. The Morgan fingerprint density at radius 2 is 1.58 bits per heavy atom. The largest absolute Gasteiger partial charge is 1.42 e. The second kappa shape index (κ2) is 6.18. The van der Waals surface area contributed by atoms with Crippen molar-refractivity contribution in [1.29, 1.82) is 0 Å². The first kappa shape index (κ1) is 12.7. The van der Waals surface area contributed by atoms with Crippen LogP contribution in [0.5, 0.6) is 0 Å². The van der Waals surface area contributed by atoms with Gasteiger partial charge in [-0.2, -0.15) is 8.42 Å². The molecule has 1 rings (SSSR count). The average Bonchev–Trinajstić information content (AvgIpc) is 1.85. The summed E-state index contributed by atoms with van der Waals surface area (Å²) in [5, 5.41) is 0. The van der Waals surface area contributed by atoms with Crippen molar-refractivity contribution in [3.8, 4) is 0 Å². The van der Waals surface area contributed by atoms with Crippen LogP contribution in [0.1, 0.15) is 32.1 Å². The summed E-state index contributed by atoms with van der Waals surface area (Å²) in [6.07, 6.45) is 8.20. The topological polar surface area (TPSA) is 54.4 Å². The van der Waals surface area contributed by atoms with Crippen LogP contribution < -0.4 is 0 Å². The molecule has 0 aromatic rings. The van der Waals surface area contributed by atoms with E-state index in [1.807, 2.05) is 0 Å². The maximum Gasteiger partial charge on any atom is 1.42 e. The molecule has 12 heavy (non-hydrogen) atoms. The van der Waals surface area contributed by atoms with Gasteiger partial charge in [0.15, 0.2) is 0 Å². The summed E-state index contributed by atoms with van der Waals surface area (Å²) < 4.78 is 26.9. The van der Waals surface area contributed by atoms with E-state index in [-0.39, 0.29) is 0 Å². The van der Waals surface area contributed by atoms with Gasteiger partial charge in [-0.3, -0.25) is 4.55 Å². The molecule has 1 fully saturated rings. The molecule has 0 saturated heterocycles. The minimum Gasteiger partial charge on any atom is -0.286 e. The van der Waals surface area contributed by atoms with Gasteiger partial charge in [-0.05, 0) is 12.8 Å². The minimum atomic E-state index is -3.67. The zero-order valence-electron chi connectivity index (χ0n) is 7.49. The van der Waals surface area contributed by atoms with Crippen LogP contribution >= 0.6 is 0 Å². The molecular formula is C7H15MgO3S+2. The number of rotatable bonds is 0. The number of hydrogen-bond acceptors (Lipinski definition) is 2. The highest BCUT2D eigenvalue weighted by atomic mass is 32.2. The highest BCUT2D eigenvalue weighted by Gasteiger charge is 2.41. The normalized spacial score (nSPS) is 19.6. The van der Waals surface area contributed by atoms with Gasteiger partial charge in [-0.15, -0.1) is 0 Å². The maximum atomic E-state index is 9.19. The van der Waals surface area contributed by atoms with E-state index in [1.54, 1.807) is 0 Å². The highest BCUT2D eigenvalue weighted by molar-refractivity contribution is 7.85. The standard InChI is InChI=1S/C6H11.CH4O3S.Mg/c1-2-4-6-5-3-1;1-5(2,3)4;/h1H,2-6H2;1H3,(H,2,3,4);/q;;+2. The van der Waals surface area contributed by atoms with Crippen molar-refractivity contribution in [2.75, 3.05) is 6.26 Å². The van der Waals surface area contributed by atoms with Crippen LogP contribution in [0, 0.1) is 0 Å². The van der Waals surface area contributed by atoms with E-state index in [1.165, 1.54) is 32.1 Å². The molecule has 0 heterocycles. The van der Waals surface area contributed by atoms with E-state index in [9.17, 15) is 8.42 Å². The fourth-order valence-electron chi connectivity index (χ4n) is 1.19. The predicted molar refractivity (Wildman–Crippen MR) is 50.1 cm³/mol. The smallest absolute Gasteiger partial charge is 0.286 e. The van der Waals surface area contributed by atoms with Gasteiger partial charge in [0.1, 0.15) is 0 Å². The second-order valence-corrected chi connectivity index (χ2v) is 5.86. The molecule has 0 atom stereocenters. The molecule has 7 radical (unpaired) electrons. The molecule has 0 aliphatic heterocycles. The van der Waals surface area contributed by atoms with E-state index in [2.05, 4.69) is 21.7 Å². The number of hydrogen-bond donors (Lipinski definition) is 1. The van der Waals surface area contributed by atoms with Crippen molar-refractivity contribution < 1.29 is 13.0 Å². The zero-order chi connectivity index (χ0) is 9.61. The first-order chi connectivity index (χ1) is 5.39. The fraction of sp³-hybridized carbons (Fsp3) is 1.00. The average molecular weight is 204 g/mol. The molecule has 0 bridgehead atoms. The molecule has 1 saturated carbocycles. The van der Waals surface area contributed by atoms with Crippen LogP contribution in [-0.4, -0.2) is 40.9 Å². The monoisotopic (exact) mass is 203 g/mol. The second-order valence-electron chi connectivity index (χ2n) is 3.24. The summed E-state index contributed by atoms with van der Waals surface area (Å²) in [5.74, 6) is 0. The summed E-state index contributed by atoms with van der Waals surface area (Å²) in [5.41, 5.74) is 0. The molecule has 3 nitrogen and oxygen atoms in total. The molecular weight excluding hydrogens is 188 g/mol. The first-order valence-corrected chi connectivity index (χ1v) is 6.81. The Labute approximate surface area is 87.1 Å². The SMILES string of the molecule is CS(=O)(=O)O.[Mg+2][CH]1CCCCC1. The molecule has 0 spiro atoms. The van der Waals surface area contributed by atoms with Crippen molar-refractivity contribution in [3.05, 3.63) is 0 Å². The van der Waals surface area contributed by atoms with Crippen LogP contribution in [-0.2, 0) is 10.1 Å². The van der Waals surface area contributed by atoms with E-state index < -0.39 is 10.1 Å². The van der Waals surface area contributed by atoms with Crippen molar-refractivity contribution in [2.45, 2.75) is 36.2 Å². The van der Waals surface area contributed by atoms with E-state index >= 15 is 0 Å². The fourth-order valence-corrected chi connectivity index (χ4v) is 1.76. The van der Waals surface area contributed by atoms with Gasteiger partial charge < -0.3 is 0 Å². The molecule has 0 aromatic heterocycles. The van der Waals surface area contributed by atoms with Gasteiger partial charge in [0.25, 0.3) is 14.2 Å². The third kappa shape index (κ3) is 13.3. The summed E-state index contributed by atoms with van der Waals surface area (Å²) in [6, 6.07) is 0. The van der Waals surface area contributed by atoms with Gasteiger partial charge in [0.2, 0.25) is 0 Å². The third-order valence-electron chi connectivity index (χ3n) is 1.72. The molecule has 67 valence electrons. The Morgan fingerprint density at radius 1 is 1.25 bits per heavy atom. The van der Waals surface area contributed by atoms with Crippen molar-refractivity contribution in [1.82, 2.24) is 0 Å². The molecule has 0 amide bonds. The minimum absolute atomic E-state index is 0.715. The summed E-state index contributed by atoms with van der Waals surface area (Å²) in [7, 11) is -3.67. The molecule has 0 unspecified atom stereocenters. The van der Waals surface area contributed by atoms with Crippen LogP contribution in [0.2, 0.25) is 4.05 Å². The lowest BCUT2D eigenvalue weighted by Crippen LogP contribution is -1.98. The van der Waals surface area contributed by atoms with Gasteiger partial charge in [-0.1, -0.05) is 6.42 Å². The van der Waals surface area contributed by atoms with Crippen LogP contribution in [0.15, 0.2) is 0 Å². The quantitative estimate of drug-likeness (QED) is 0.478. The highest BCUT2D eigenvalue weighted by Crippen LogP contribution is 2.24. The predicted octanol–water partition coefficient (Wildman–Crippen LogP) is 1.41. The molecule has 5 heteroatoms. The molecule has 1 aliphatic rings. The Morgan fingerprint density at radius 3 is 1.75 bits per heavy atom. The molecule has 0 aromatic carbocycles. The maximum absolute atomic E-state index is 9.19. The Balaban J connectivity index is 0.000000217. The van der Waals surface area contributed by atoms with Crippen molar-refractivity contribution in [2.24, 2.45) is 0 Å². The third-order valence-corrected chi connectivity index (χ3v) is 2.54. The van der Waals surface area contributed by atoms with Gasteiger partial charge >= 0.3 is 21.7 Å². The Hall–Kier alpha value is 0.676. The Bertz CT molecular complexity index is 187. The van der Waals surface area contributed by atoms with Crippen molar-refractivity contribution >= 4 is 31.8 Å². The first-order valence-electron chi connectivity index (χ1n) is 4.15. The Kier molecular flexibility index (Phi) is 6.53. The lowest BCUT2D eigenvalue weighted by Gasteiger charge is -2.02. The van der Waals surface area contributed by atoms with Crippen LogP contribution in [0.25, 0.3) is 0 Å². The molecule has 1 N–H and O–H groups in total. The van der Waals surface area contributed by atoms with Crippen molar-refractivity contribution in [3.63, 3.8) is 0 Å². The zero-order valence-corrected chi connectivity index (χ0v) is 9.72. The lowest BCUT2D eigenvalue weighted by atomic mass is 10.00. The van der Waals surface area contributed by atoms with Gasteiger partial charge in [0.05, 0.1) is 6.26 Å². The van der Waals surface area contributed by atoms with E-state index in [4.69, 9.17) is 4.55 Å². The summed E-state index contributed by atoms with van der Waals surface area (Å²) >= 11 is 2.18. The summed E-state index contributed by atoms with van der Waals surface area (Å²) in [4.78, 5) is 0. The molecule has 1 aliphatic carbocycles. The van der Waals surface area contributed by atoms with Crippen LogP contribution in [0.4, 0.5) is 0 Å².